The van der Waals surface area contributed by atoms with Crippen molar-refractivity contribution in [1.82, 2.24) is 25.2 Å². The molecule has 17 heavy (non-hydrogen) atoms. The molecule has 84 valence electrons. The number of H-pyrrole nitrogens is 1. The number of rotatable bonds is 2. The van der Waals surface area contributed by atoms with Crippen LogP contribution in [0.1, 0.15) is 0 Å². The predicted molar refractivity (Wildman–Crippen MR) is 63.4 cm³/mol. The lowest BCUT2D eigenvalue weighted by Crippen LogP contribution is -1.98. The summed E-state index contributed by atoms with van der Waals surface area (Å²) in [5.74, 6) is 0.475. The van der Waals surface area contributed by atoms with E-state index in [-0.39, 0.29) is 0 Å². The second-order valence-electron chi connectivity index (χ2n) is 3.58. The second-order valence-corrected chi connectivity index (χ2v) is 3.58. The molecule has 3 rings (SSSR count). The van der Waals surface area contributed by atoms with Crippen LogP contribution in [0.3, 0.4) is 0 Å². The molecule has 6 nitrogen and oxygen atoms in total. The van der Waals surface area contributed by atoms with Crippen LogP contribution in [0.15, 0.2) is 42.7 Å². The number of nitrogens with one attached hydrogen (secondary N) is 1. The number of nitrogen functional groups attached to an aromatic ring is 1. The number of aromatic nitrogens is 5. The van der Waals surface area contributed by atoms with Gasteiger partial charge in [-0.25, -0.2) is 0 Å². The van der Waals surface area contributed by atoms with Crippen LogP contribution >= 0.6 is 0 Å². The number of nitrogens with two attached hydrogens (primary N) is 1. The van der Waals surface area contributed by atoms with E-state index in [1.807, 2.05) is 24.3 Å². The molecule has 0 atom stereocenters. The zero-order valence-electron chi connectivity index (χ0n) is 8.91. The van der Waals surface area contributed by atoms with E-state index in [9.17, 15) is 0 Å². The maximum Gasteiger partial charge on any atom is 0.145 e. The van der Waals surface area contributed by atoms with Crippen molar-refractivity contribution in [1.29, 1.82) is 0 Å². The first-order valence-electron chi connectivity index (χ1n) is 5.11. The van der Waals surface area contributed by atoms with Crippen LogP contribution in [0.5, 0.6) is 0 Å². The van der Waals surface area contributed by atoms with Crippen molar-refractivity contribution >= 4 is 5.82 Å². The summed E-state index contributed by atoms with van der Waals surface area (Å²) in [7, 11) is 0. The highest BCUT2D eigenvalue weighted by molar-refractivity contribution is 5.64. The molecule has 0 bridgehead atoms. The standard InChI is InChI=1S/C11H10N6/c12-11-7-10(15-16-11)8-2-1-3-9(6-8)17-13-4-5-14-17/h1-7H,(H3,12,15,16). The quantitative estimate of drug-likeness (QED) is 0.688. The fourth-order valence-electron chi connectivity index (χ4n) is 1.63. The lowest BCUT2D eigenvalue weighted by atomic mass is 10.1. The number of aromatic amines is 1. The van der Waals surface area contributed by atoms with E-state index >= 15 is 0 Å². The summed E-state index contributed by atoms with van der Waals surface area (Å²) in [6.07, 6.45) is 3.28. The molecule has 0 saturated heterocycles. The van der Waals surface area contributed by atoms with Crippen molar-refractivity contribution in [2.45, 2.75) is 0 Å². The van der Waals surface area contributed by atoms with Crippen LogP contribution in [0.25, 0.3) is 16.9 Å². The van der Waals surface area contributed by atoms with Gasteiger partial charge in [0.2, 0.25) is 0 Å². The largest absolute Gasteiger partial charge is 0.382 e. The third kappa shape index (κ3) is 1.76. The van der Waals surface area contributed by atoms with Gasteiger partial charge in [-0.15, -0.1) is 0 Å². The Morgan fingerprint density at radius 3 is 2.65 bits per heavy atom. The Labute approximate surface area is 97.1 Å². The lowest BCUT2D eigenvalue weighted by Gasteiger charge is -2.02. The molecule has 0 aliphatic rings. The Morgan fingerprint density at radius 1 is 1.12 bits per heavy atom. The Kier molecular flexibility index (Phi) is 2.11. The van der Waals surface area contributed by atoms with Gasteiger partial charge in [0.1, 0.15) is 5.82 Å². The molecule has 0 aliphatic carbocycles. The average Bonchev–Trinajstić information content (AvgIpc) is 3.00. The zero-order valence-corrected chi connectivity index (χ0v) is 8.91. The first kappa shape index (κ1) is 9.59. The molecular formula is C11H10N6. The van der Waals surface area contributed by atoms with Crippen LogP contribution in [0, 0.1) is 0 Å². The molecule has 0 fully saturated rings. The molecule has 0 saturated carbocycles. The molecule has 2 heterocycles. The van der Waals surface area contributed by atoms with Crippen molar-refractivity contribution in [2.75, 3.05) is 5.73 Å². The van der Waals surface area contributed by atoms with Crippen LogP contribution in [-0.2, 0) is 0 Å². The topological polar surface area (TPSA) is 85.4 Å². The smallest absolute Gasteiger partial charge is 0.145 e. The Bertz CT molecular complexity index is 625. The SMILES string of the molecule is Nc1cc(-c2cccc(-n3nccn3)c2)[nH]n1. The normalized spacial score (nSPS) is 10.6. The summed E-state index contributed by atoms with van der Waals surface area (Å²) in [6, 6.07) is 9.59. The van der Waals surface area contributed by atoms with Crippen molar-refractivity contribution in [2.24, 2.45) is 0 Å². The number of anilines is 1. The Balaban J connectivity index is 2.05. The minimum absolute atomic E-state index is 0.475. The summed E-state index contributed by atoms with van der Waals surface area (Å²) >= 11 is 0. The van der Waals surface area contributed by atoms with Crippen molar-refractivity contribution in [3.63, 3.8) is 0 Å². The van der Waals surface area contributed by atoms with E-state index in [4.69, 9.17) is 5.73 Å². The van der Waals surface area contributed by atoms with E-state index < -0.39 is 0 Å². The maximum absolute atomic E-state index is 5.58. The molecular weight excluding hydrogens is 216 g/mol. The molecule has 3 N–H and O–H groups in total. The average molecular weight is 226 g/mol. The zero-order chi connectivity index (χ0) is 11.7. The van der Waals surface area contributed by atoms with Crippen LogP contribution < -0.4 is 5.73 Å². The van der Waals surface area contributed by atoms with E-state index in [0.29, 0.717) is 5.82 Å². The van der Waals surface area contributed by atoms with Crippen LogP contribution in [-0.4, -0.2) is 25.2 Å². The molecule has 1 aromatic carbocycles. The fraction of sp³-hybridized carbons (Fsp3) is 0. The summed E-state index contributed by atoms with van der Waals surface area (Å²) in [6.45, 7) is 0. The monoisotopic (exact) mass is 226 g/mol. The fourth-order valence-corrected chi connectivity index (χ4v) is 1.63. The lowest BCUT2D eigenvalue weighted by molar-refractivity contribution is 0.752. The highest BCUT2D eigenvalue weighted by Gasteiger charge is 2.04. The van der Waals surface area contributed by atoms with Gasteiger partial charge in [-0.05, 0) is 12.1 Å². The minimum atomic E-state index is 0.475. The third-order valence-corrected chi connectivity index (χ3v) is 2.40. The summed E-state index contributed by atoms with van der Waals surface area (Å²) in [4.78, 5) is 1.56. The van der Waals surface area contributed by atoms with E-state index in [1.165, 1.54) is 0 Å². The predicted octanol–water partition coefficient (Wildman–Crippen LogP) is 1.24. The maximum atomic E-state index is 5.58. The van der Waals surface area contributed by atoms with E-state index in [1.54, 1.807) is 23.3 Å². The van der Waals surface area contributed by atoms with Gasteiger partial charge in [0.15, 0.2) is 0 Å². The van der Waals surface area contributed by atoms with Crippen molar-refractivity contribution in [3.8, 4) is 16.9 Å². The molecule has 0 spiro atoms. The van der Waals surface area contributed by atoms with Gasteiger partial charge in [0, 0.05) is 11.6 Å². The number of hydrogen-bond donors (Lipinski definition) is 2. The van der Waals surface area contributed by atoms with Crippen LogP contribution in [0.4, 0.5) is 5.82 Å². The summed E-state index contributed by atoms with van der Waals surface area (Å²) < 4.78 is 0. The minimum Gasteiger partial charge on any atom is -0.382 e. The van der Waals surface area contributed by atoms with Gasteiger partial charge >= 0.3 is 0 Å². The third-order valence-electron chi connectivity index (χ3n) is 2.40. The van der Waals surface area contributed by atoms with Gasteiger partial charge in [-0.2, -0.15) is 20.1 Å². The van der Waals surface area contributed by atoms with Crippen molar-refractivity contribution in [3.05, 3.63) is 42.7 Å². The van der Waals surface area contributed by atoms with E-state index in [0.717, 1.165) is 16.9 Å². The molecule has 0 aliphatic heterocycles. The summed E-state index contributed by atoms with van der Waals surface area (Å²) in [5, 5.41) is 14.9. The van der Waals surface area contributed by atoms with Gasteiger partial charge in [0.05, 0.1) is 23.8 Å². The van der Waals surface area contributed by atoms with Gasteiger partial charge in [-0.1, -0.05) is 12.1 Å². The number of benzene rings is 1. The van der Waals surface area contributed by atoms with E-state index in [2.05, 4.69) is 20.4 Å². The molecule has 2 aromatic heterocycles. The first-order valence-corrected chi connectivity index (χ1v) is 5.11. The molecule has 0 radical (unpaired) electrons. The highest BCUT2D eigenvalue weighted by atomic mass is 15.5. The highest BCUT2D eigenvalue weighted by Crippen LogP contribution is 2.20. The van der Waals surface area contributed by atoms with Crippen LogP contribution in [0.2, 0.25) is 0 Å². The Hall–Kier alpha value is -2.63. The number of hydrogen-bond acceptors (Lipinski definition) is 4. The van der Waals surface area contributed by atoms with Gasteiger partial charge < -0.3 is 5.73 Å². The van der Waals surface area contributed by atoms with Gasteiger partial charge in [0.25, 0.3) is 0 Å². The summed E-state index contributed by atoms with van der Waals surface area (Å²) in [5.41, 5.74) is 8.33. The van der Waals surface area contributed by atoms with Crippen molar-refractivity contribution < 1.29 is 0 Å². The molecule has 6 heteroatoms. The number of nitrogens with zero attached hydrogens (tertiary/aromatic N) is 4. The molecule has 0 unspecified atom stereocenters. The molecule has 3 aromatic rings. The van der Waals surface area contributed by atoms with Gasteiger partial charge in [-0.3, -0.25) is 5.10 Å². The first-order chi connectivity index (χ1) is 8.33. The Morgan fingerprint density at radius 2 is 1.94 bits per heavy atom. The second kappa shape index (κ2) is 3.75. The molecule has 0 amide bonds.